The van der Waals surface area contributed by atoms with Crippen molar-refractivity contribution in [2.24, 2.45) is 0 Å². The summed E-state index contributed by atoms with van der Waals surface area (Å²) < 4.78 is 10.6. The van der Waals surface area contributed by atoms with Crippen molar-refractivity contribution in [2.45, 2.75) is 0 Å². The van der Waals surface area contributed by atoms with Crippen molar-refractivity contribution in [1.82, 2.24) is 0 Å². The van der Waals surface area contributed by atoms with Crippen molar-refractivity contribution in [2.75, 3.05) is 14.2 Å². The molecule has 0 unspecified atom stereocenters. The Kier molecular flexibility index (Phi) is 3.71. The summed E-state index contributed by atoms with van der Waals surface area (Å²) in [5, 5.41) is 9.18. The van der Waals surface area contributed by atoms with Gasteiger partial charge in [0.1, 0.15) is 17.1 Å². The highest BCUT2D eigenvalue weighted by molar-refractivity contribution is 5.95. The summed E-state index contributed by atoms with van der Waals surface area (Å²) in [6.07, 6.45) is 0. The van der Waals surface area contributed by atoms with Crippen LogP contribution < -0.4 is 9.47 Å². The average molecular weight is 258 g/mol. The molecule has 0 spiro atoms. The van der Waals surface area contributed by atoms with Gasteiger partial charge >= 0.3 is 5.97 Å². The molecular formula is C15H14O4. The van der Waals surface area contributed by atoms with Crippen LogP contribution in [-0.2, 0) is 0 Å². The lowest BCUT2D eigenvalue weighted by molar-refractivity contribution is 0.0693. The van der Waals surface area contributed by atoms with E-state index in [1.54, 1.807) is 13.2 Å². The van der Waals surface area contributed by atoms with E-state index < -0.39 is 5.97 Å². The summed E-state index contributed by atoms with van der Waals surface area (Å²) in [6.45, 7) is 0. The molecule has 4 heteroatoms. The predicted molar refractivity (Wildman–Crippen MR) is 71.9 cm³/mol. The van der Waals surface area contributed by atoms with Crippen LogP contribution in [0.5, 0.6) is 11.5 Å². The minimum atomic E-state index is -1.02. The maximum atomic E-state index is 11.2. The SMILES string of the molecule is COc1ccccc1-c1cccc(C(=O)O)c1OC. The van der Waals surface area contributed by atoms with Gasteiger partial charge in [0.25, 0.3) is 0 Å². The van der Waals surface area contributed by atoms with Crippen molar-refractivity contribution >= 4 is 5.97 Å². The van der Waals surface area contributed by atoms with E-state index in [1.165, 1.54) is 13.2 Å². The van der Waals surface area contributed by atoms with Crippen molar-refractivity contribution in [3.63, 3.8) is 0 Å². The molecule has 4 nitrogen and oxygen atoms in total. The highest BCUT2D eigenvalue weighted by atomic mass is 16.5. The number of carboxylic acids is 1. The van der Waals surface area contributed by atoms with Crippen LogP contribution in [0, 0.1) is 0 Å². The van der Waals surface area contributed by atoms with E-state index >= 15 is 0 Å². The molecule has 0 aliphatic carbocycles. The Labute approximate surface area is 111 Å². The second-order valence-electron chi connectivity index (χ2n) is 3.89. The second-order valence-corrected chi connectivity index (χ2v) is 3.89. The molecule has 0 aliphatic rings. The molecule has 0 aromatic heterocycles. The van der Waals surface area contributed by atoms with Crippen molar-refractivity contribution < 1.29 is 19.4 Å². The number of hydrogen-bond acceptors (Lipinski definition) is 3. The molecule has 0 fully saturated rings. The van der Waals surface area contributed by atoms with Crippen molar-refractivity contribution in [1.29, 1.82) is 0 Å². The Morgan fingerprint density at radius 2 is 1.63 bits per heavy atom. The maximum absolute atomic E-state index is 11.2. The van der Waals surface area contributed by atoms with E-state index in [9.17, 15) is 9.90 Å². The van der Waals surface area contributed by atoms with Gasteiger partial charge in [0.05, 0.1) is 14.2 Å². The van der Waals surface area contributed by atoms with Crippen LogP contribution in [0.1, 0.15) is 10.4 Å². The monoisotopic (exact) mass is 258 g/mol. The van der Waals surface area contributed by atoms with Gasteiger partial charge in [-0.15, -0.1) is 0 Å². The van der Waals surface area contributed by atoms with Crippen molar-refractivity contribution in [3.05, 3.63) is 48.0 Å². The average Bonchev–Trinajstić information content (AvgIpc) is 2.46. The lowest BCUT2D eigenvalue weighted by Crippen LogP contribution is -2.02. The number of methoxy groups -OCH3 is 2. The second kappa shape index (κ2) is 5.44. The first kappa shape index (κ1) is 13.0. The van der Waals surface area contributed by atoms with Gasteiger partial charge in [0.15, 0.2) is 0 Å². The topological polar surface area (TPSA) is 55.8 Å². The van der Waals surface area contributed by atoms with E-state index in [1.807, 2.05) is 30.3 Å². The third-order valence-electron chi connectivity index (χ3n) is 2.85. The Hall–Kier alpha value is -2.49. The predicted octanol–water partition coefficient (Wildman–Crippen LogP) is 3.07. The van der Waals surface area contributed by atoms with Crippen LogP contribution in [0.25, 0.3) is 11.1 Å². The third-order valence-corrected chi connectivity index (χ3v) is 2.85. The zero-order valence-corrected chi connectivity index (χ0v) is 10.7. The molecule has 0 saturated carbocycles. The van der Waals surface area contributed by atoms with E-state index in [4.69, 9.17) is 9.47 Å². The van der Waals surface area contributed by atoms with Gasteiger partial charge < -0.3 is 14.6 Å². The fourth-order valence-corrected chi connectivity index (χ4v) is 2.00. The number of para-hydroxylation sites is 2. The molecule has 2 aromatic carbocycles. The molecule has 19 heavy (non-hydrogen) atoms. The number of aromatic carboxylic acids is 1. The number of hydrogen-bond donors (Lipinski definition) is 1. The minimum absolute atomic E-state index is 0.130. The van der Waals surface area contributed by atoms with Gasteiger partial charge in [-0.25, -0.2) is 4.79 Å². The van der Waals surface area contributed by atoms with Gasteiger partial charge in [-0.1, -0.05) is 30.3 Å². The molecule has 0 saturated heterocycles. The van der Waals surface area contributed by atoms with Crippen LogP contribution >= 0.6 is 0 Å². The van der Waals surface area contributed by atoms with Crippen LogP contribution in [0.15, 0.2) is 42.5 Å². The van der Waals surface area contributed by atoms with Crippen LogP contribution in [0.2, 0.25) is 0 Å². The van der Waals surface area contributed by atoms with Gasteiger partial charge in [-0.05, 0) is 12.1 Å². The molecule has 0 heterocycles. The number of rotatable bonds is 4. The normalized spacial score (nSPS) is 10.0. The van der Waals surface area contributed by atoms with E-state index in [-0.39, 0.29) is 5.56 Å². The van der Waals surface area contributed by atoms with E-state index in [0.717, 1.165) is 5.56 Å². The van der Waals surface area contributed by atoms with Gasteiger partial charge in [-0.2, -0.15) is 0 Å². The summed E-state index contributed by atoms with van der Waals surface area (Å²) in [5.74, 6) is -0.0172. The van der Waals surface area contributed by atoms with Crippen LogP contribution in [0.4, 0.5) is 0 Å². The van der Waals surface area contributed by atoms with Crippen LogP contribution in [0.3, 0.4) is 0 Å². The molecule has 2 rings (SSSR count). The van der Waals surface area contributed by atoms with Gasteiger partial charge in [0.2, 0.25) is 0 Å². The molecule has 0 atom stereocenters. The standard InChI is InChI=1S/C15H14O4/c1-18-13-9-4-3-6-10(13)11-7-5-8-12(15(16)17)14(11)19-2/h3-9H,1-2H3,(H,16,17). The first-order chi connectivity index (χ1) is 9.19. The quantitative estimate of drug-likeness (QED) is 0.915. The van der Waals surface area contributed by atoms with Gasteiger partial charge in [-0.3, -0.25) is 0 Å². The van der Waals surface area contributed by atoms with Crippen LogP contribution in [-0.4, -0.2) is 25.3 Å². The number of carboxylic acid groups (broad SMARTS) is 1. The Morgan fingerprint density at radius 3 is 2.26 bits per heavy atom. The highest BCUT2D eigenvalue weighted by Crippen LogP contribution is 2.38. The molecule has 98 valence electrons. The first-order valence-electron chi connectivity index (χ1n) is 5.72. The third kappa shape index (κ3) is 2.38. The Bertz CT molecular complexity index is 605. The summed E-state index contributed by atoms with van der Waals surface area (Å²) >= 11 is 0. The van der Waals surface area contributed by atoms with E-state index in [0.29, 0.717) is 17.1 Å². The molecule has 0 radical (unpaired) electrons. The molecule has 2 aromatic rings. The Balaban J connectivity index is 2.68. The highest BCUT2D eigenvalue weighted by Gasteiger charge is 2.17. The molecule has 0 amide bonds. The summed E-state index contributed by atoms with van der Waals surface area (Å²) in [7, 11) is 3.03. The fraction of sp³-hybridized carbons (Fsp3) is 0.133. The number of benzene rings is 2. The first-order valence-corrected chi connectivity index (χ1v) is 5.72. The molecule has 0 aliphatic heterocycles. The van der Waals surface area contributed by atoms with Crippen molar-refractivity contribution in [3.8, 4) is 22.6 Å². The smallest absolute Gasteiger partial charge is 0.339 e. The zero-order chi connectivity index (χ0) is 13.8. The zero-order valence-electron chi connectivity index (χ0n) is 10.7. The number of ether oxygens (including phenoxy) is 2. The molecule has 1 N–H and O–H groups in total. The Morgan fingerprint density at radius 1 is 0.947 bits per heavy atom. The molecule has 0 bridgehead atoms. The summed E-state index contributed by atoms with van der Waals surface area (Å²) in [6, 6.07) is 12.4. The fourth-order valence-electron chi connectivity index (χ4n) is 2.00. The van der Waals surface area contributed by atoms with Gasteiger partial charge in [0, 0.05) is 11.1 Å². The molecular weight excluding hydrogens is 244 g/mol. The maximum Gasteiger partial charge on any atom is 0.339 e. The number of carbonyl (C=O) groups is 1. The minimum Gasteiger partial charge on any atom is -0.496 e. The lowest BCUT2D eigenvalue weighted by Gasteiger charge is -2.13. The lowest BCUT2D eigenvalue weighted by atomic mass is 10.0. The summed E-state index contributed by atoms with van der Waals surface area (Å²) in [4.78, 5) is 11.2. The van der Waals surface area contributed by atoms with E-state index in [2.05, 4.69) is 0 Å². The largest absolute Gasteiger partial charge is 0.496 e. The summed E-state index contributed by atoms with van der Waals surface area (Å²) in [5.41, 5.74) is 1.62.